The summed E-state index contributed by atoms with van der Waals surface area (Å²) in [5.41, 5.74) is 2.56. The number of nitrogens with one attached hydrogen (secondary N) is 3. The maximum absolute atomic E-state index is 12.4. The molecule has 3 N–H and O–H groups in total. The number of hydrogen-bond acceptors (Lipinski definition) is 5. The van der Waals surface area contributed by atoms with Crippen LogP contribution in [-0.2, 0) is 17.8 Å². The number of carbonyl (C=O) groups is 1. The lowest BCUT2D eigenvalue weighted by atomic mass is 10.1. The molecule has 1 aliphatic rings. The number of nitrogens with zero attached hydrogens (tertiary/aromatic N) is 2. The van der Waals surface area contributed by atoms with Crippen molar-refractivity contribution in [3.8, 4) is 0 Å². The average Bonchev–Trinajstić information content (AvgIpc) is 3.44. The van der Waals surface area contributed by atoms with Crippen molar-refractivity contribution in [1.29, 1.82) is 0 Å². The van der Waals surface area contributed by atoms with E-state index in [1.54, 1.807) is 7.05 Å². The van der Waals surface area contributed by atoms with Crippen molar-refractivity contribution in [3.63, 3.8) is 0 Å². The fourth-order valence-corrected chi connectivity index (χ4v) is 3.20. The van der Waals surface area contributed by atoms with E-state index in [0.29, 0.717) is 37.1 Å². The van der Waals surface area contributed by atoms with Gasteiger partial charge in [-0.3, -0.25) is 9.79 Å². The van der Waals surface area contributed by atoms with Gasteiger partial charge in [0.05, 0.1) is 18.3 Å². The Morgan fingerprint density at radius 2 is 2.03 bits per heavy atom. The topological polar surface area (TPSA) is 101 Å². The van der Waals surface area contributed by atoms with Gasteiger partial charge >= 0.3 is 0 Å². The summed E-state index contributed by atoms with van der Waals surface area (Å²) in [5.74, 6) is 1.65. The molecular formula is C22H32IN5O3. The second kappa shape index (κ2) is 12.7. The first-order valence-corrected chi connectivity index (χ1v) is 10.4. The van der Waals surface area contributed by atoms with E-state index in [1.807, 2.05) is 30.3 Å². The summed E-state index contributed by atoms with van der Waals surface area (Å²) in [6.45, 7) is 6.52. The molecule has 1 unspecified atom stereocenters. The van der Waals surface area contributed by atoms with Gasteiger partial charge in [0.15, 0.2) is 11.7 Å². The van der Waals surface area contributed by atoms with Crippen LogP contribution in [0.25, 0.3) is 0 Å². The normalized spacial score (nSPS) is 16.1. The number of rotatable bonds is 8. The summed E-state index contributed by atoms with van der Waals surface area (Å²) in [6, 6.07) is 9.51. The zero-order valence-corrected chi connectivity index (χ0v) is 20.6. The quantitative estimate of drug-likeness (QED) is 0.270. The Hall–Kier alpha value is -2.14. The number of carbonyl (C=O) groups excluding carboxylic acids is 1. The molecule has 8 nitrogen and oxygen atoms in total. The minimum atomic E-state index is -0.0823. The average molecular weight is 541 g/mol. The molecule has 31 heavy (non-hydrogen) atoms. The van der Waals surface area contributed by atoms with Crippen LogP contribution in [0.3, 0.4) is 0 Å². The van der Waals surface area contributed by atoms with E-state index in [-0.39, 0.29) is 36.0 Å². The highest BCUT2D eigenvalue weighted by molar-refractivity contribution is 14.0. The molecule has 2 heterocycles. The molecule has 0 radical (unpaired) electrons. The van der Waals surface area contributed by atoms with Gasteiger partial charge in [-0.25, -0.2) is 0 Å². The summed E-state index contributed by atoms with van der Waals surface area (Å²) in [4.78, 5) is 16.6. The Bertz CT molecular complexity index is 862. The molecule has 0 saturated carbocycles. The second-order valence-corrected chi connectivity index (χ2v) is 7.70. The molecule has 3 rings (SSSR count). The Kier molecular flexibility index (Phi) is 10.3. The molecule has 9 heteroatoms. The molecule has 0 spiro atoms. The molecule has 0 bridgehead atoms. The first-order chi connectivity index (χ1) is 14.5. The summed E-state index contributed by atoms with van der Waals surface area (Å²) in [6.07, 6.45) is 2.20. The minimum absolute atomic E-state index is 0. The van der Waals surface area contributed by atoms with Crippen LogP contribution in [0, 0.1) is 0 Å². The highest BCUT2D eigenvalue weighted by atomic mass is 127. The van der Waals surface area contributed by atoms with Crippen molar-refractivity contribution in [2.45, 2.75) is 51.8 Å². The fourth-order valence-electron chi connectivity index (χ4n) is 3.20. The van der Waals surface area contributed by atoms with Gasteiger partial charge in [-0.15, -0.1) is 24.0 Å². The highest BCUT2D eigenvalue weighted by Gasteiger charge is 2.16. The van der Waals surface area contributed by atoms with Gasteiger partial charge in [0.1, 0.15) is 0 Å². The first kappa shape index (κ1) is 25.1. The van der Waals surface area contributed by atoms with Crippen molar-refractivity contribution in [2.24, 2.45) is 4.99 Å². The Morgan fingerprint density at radius 3 is 2.71 bits per heavy atom. The molecule has 1 fully saturated rings. The Morgan fingerprint density at radius 1 is 1.23 bits per heavy atom. The lowest BCUT2D eigenvalue weighted by Crippen LogP contribution is -2.36. The largest absolute Gasteiger partial charge is 0.376 e. The molecular weight excluding hydrogens is 509 g/mol. The van der Waals surface area contributed by atoms with Gasteiger partial charge in [-0.2, -0.15) is 0 Å². The SMILES string of the molecule is CN=C(NCc1cccc(C(=O)NCC2CCCO2)c1)NCc1cc(C(C)C)no1.I. The number of halogens is 1. The molecule has 1 aromatic carbocycles. The molecule has 1 saturated heterocycles. The first-order valence-electron chi connectivity index (χ1n) is 10.4. The fraction of sp³-hybridized carbons (Fsp3) is 0.500. The van der Waals surface area contributed by atoms with Gasteiger partial charge in [0.2, 0.25) is 0 Å². The van der Waals surface area contributed by atoms with Crippen LogP contribution < -0.4 is 16.0 Å². The third kappa shape index (κ3) is 7.80. The van der Waals surface area contributed by atoms with Crippen molar-refractivity contribution < 1.29 is 14.1 Å². The minimum Gasteiger partial charge on any atom is -0.376 e. The van der Waals surface area contributed by atoms with Crippen molar-refractivity contribution in [3.05, 3.63) is 52.9 Å². The Balaban J connectivity index is 0.00000341. The van der Waals surface area contributed by atoms with Crippen LogP contribution in [0.1, 0.15) is 60.0 Å². The smallest absolute Gasteiger partial charge is 0.251 e. The molecule has 1 amide bonds. The van der Waals surface area contributed by atoms with Crippen molar-refractivity contribution >= 4 is 35.8 Å². The Labute approximate surface area is 200 Å². The number of benzene rings is 1. The van der Waals surface area contributed by atoms with Crippen LogP contribution in [0.2, 0.25) is 0 Å². The summed E-state index contributed by atoms with van der Waals surface area (Å²) in [5, 5.41) is 13.5. The highest BCUT2D eigenvalue weighted by Crippen LogP contribution is 2.14. The van der Waals surface area contributed by atoms with Crippen LogP contribution in [0.15, 0.2) is 39.8 Å². The predicted octanol–water partition coefficient (Wildman–Crippen LogP) is 3.19. The summed E-state index contributed by atoms with van der Waals surface area (Å²) >= 11 is 0. The number of aliphatic imine (C=N–C) groups is 1. The van der Waals surface area contributed by atoms with Gasteiger partial charge in [-0.05, 0) is 36.5 Å². The second-order valence-electron chi connectivity index (χ2n) is 7.70. The number of hydrogen-bond donors (Lipinski definition) is 3. The zero-order chi connectivity index (χ0) is 21.3. The number of aromatic nitrogens is 1. The van der Waals surface area contributed by atoms with Gasteiger partial charge in [0, 0.05) is 38.4 Å². The van der Waals surface area contributed by atoms with E-state index in [0.717, 1.165) is 36.5 Å². The van der Waals surface area contributed by atoms with E-state index in [2.05, 4.69) is 39.9 Å². The van der Waals surface area contributed by atoms with Crippen LogP contribution >= 0.6 is 24.0 Å². The number of amides is 1. The number of ether oxygens (including phenoxy) is 1. The van der Waals surface area contributed by atoms with Gasteiger partial charge in [0.25, 0.3) is 5.91 Å². The van der Waals surface area contributed by atoms with E-state index in [9.17, 15) is 4.79 Å². The lowest BCUT2D eigenvalue weighted by Gasteiger charge is -2.13. The third-order valence-electron chi connectivity index (χ3n) is 4.99. The maximum atomic E-state index is 12.4. The number of guanidine groups is 1. The lowest BCUT2D eigenvalue weighted by molar-refractivity contribution is 0.0857. The van der Waals surface area contributed by atoms with Crippen LogP contribution in [0.4, 0.5) is 0 Å². The zero-order valence-electron chi connectivity index (χ0n) is 18.3. The van der Waals surface area contributed by atoms with Gasteiger partial charge in [-0.1, -0.05) is 31.1 Å². The molecule has 1 aliphatic heterocycles. The molecule has 0 aliphatic carbocycles. The molecule has 1 aromatic heterocycles. The van der Waals surface area contributed by atoms with Crippen molar-refractivity contribution in [2.75, 3.05) is 20.2 Å². The van der Waals surface area contributed by atoms with E-state index in [1.165, 1.54) is 0 Å². The predicted molar refractivity (Wildman–Crippen MR) is 131 cm³/mol. The van der Waals surface area contributed by atoms with Crippen molar-refractivity contribution in [1.82, 2.24) is 21.1 Å². The van der Waals surface area contributed by atoms with Crippen LogP contribution in [0.5, 0.6) is 0 Å². The molecule has 1 atom stereocenters. The standard InChI is InChI=1S/C22H31N5O3.HI/c1-15(2)20-11-19(30-27-20)14-26-22(23-3)25-12-16-6-4-7-17(10-16)21(28)24-13-18-8-5-9-29-18;/h4,6-7,10-11,15,18H,5,8-9,12-14H2,1-3H3,(H,24,28)(H2,23,25,26);1H. The third-order valence-corrected chi connectivity index (χ3v) is 4.99. The molecule has 2 aromatic rings. The van der Waals surface area contributed by atoms with Crippen LogP contribution in [-0.4, -0.2) is 43.3 Å². The summed E-state index contributed by atoms with van der Waals surface area (Å²) < 4.78 is 10.9. The van der Waals surface area contributed by atoms with E-state index in [4.69, 9.17) is 9.26 Å². The maximum Gasteiger partial charge on any atom is 0.251 e. The summed E-state index contributed by atoms with van der Waals surface area (Å²) in [7, 11) is 1.71. The van der Waals surface area contributed by atoms with E-state index < -0.39 is 0 Å². The van der Waals surface area contributed by atoms with E-state index >= 15 is 0 Å². The monoisotopic (exact) mass is 541 g/mol. The molecule has 170 valence electrons. The van der Waals surface area contributed by atoms with Gasteiger partial charge < -0.3 is 25.2 Å².